The van der Waals surface area contributed by atoms with E-state index in [1.165, 1.54) is 0 Å². The molecule has 232 valence electrons. The molecule has 6 rings (SSSR count). The number of aryl methyl sites for hydroxylation is 3. The summed E-state index contributed by atoms with van der Waals surface area (Å²) in [6.07, 6.45) is 0. The summed E-state index contributed by atoms with van der Waals surface area (Å²) in [5.74, 6) is 0.579. The van der Waals surface area contributed by atoms with Gasteiger partial charge in [-0.05, 0) is 80.3 Å². The van der Waals surface area contributed by atoms with Crippen LogP contribution in [0.1, 0.15) is 56.8 Å². The van der Waals surface area contributed by atoms with Gasteiger partial charge in [0.15, 0.2) is 11.5 Å². The Labute approximate surface area is 271 Å². The smallest absolute Gasteiger partial charge is 0.379 e. The van der Waals surface area contributed by atoms with Crippen LogP contribution < -0.4 is 24.7 Å². The Morgan fingerprint density at radius 2 is 1.74 bits per heavy atom. The summed E-state index contributed by atoms with van der Waals surface area (Å²) >= 11 is 6.01. The molecule has 0 spiro atoms. The first-order valence-corrected chi connectivity index (χ1v) is 15.1. The number of ether oxygens (including phenoxy) is 4. The van der Waals surface area contributed by atoms with Crippen molar-refractivity contribution in [3.8, 4) is 29.1 Å². The summed E-state index contributed by atoms with van der Waals surface area (Å²) in [6.45, 7) is 8.40. The highest BCUT2D eigenvalue weighted by atomic mass is 35.5. The van der Waals surface area contributed by atoms with Gasteiger partial charge in [0.25, 0.3) is 0 Å². The van der Waals surface area contributed by atoms with E-state index in [9.17, 15) is 10.1 Å². The Hall–Kier alpha value is -5.39. The van der Waals surface area contributed by atoms with Crippen LogP contribution in [0.5, 0.6) is 23.0 Å². The maximum absolute atomic E-state index is 13.2. The first kappa shape index (κ1) is 30.6. The number of benzene rings is 4. The highest BCUT2D eigenvalue weighted by Gasteiger charge is 2.32. The summed E-state index contributed by atoms with van der Waals surface area (Å²) in [6, 6.07) is 24.1. The van der Waals surface area contributed by atoms with E-state index in [1.807, 2.05) is 82.3 Å². The van der Waals surface area contributed by atoms with Gasteiger partial charge in [0.1, 0.15) is 35.3 Å². The monoisotopic (exact) mass is 634 g/mol. The molecule has 1 aromatic heterocycles. The van der Waals surface area contributed by atoms with E-state index in [1.54, 1.807) is 18.2 Å². The summed E-state index contributed by atoms with van der Waals surface area (Å²) in [7, 11) is 0. The quantitative estimate of drug-likeness (QED) is 0.133. The third kappa shape index (κ3) is 5.73. The number of allylic oxidation sites excluding steroid dienone is 1. The van der Waals surface area contributed by atoms with Gasteiger partial charge in [-0.25, -0.2) is 4.79 Å². The van der Waals surface area contributed by atoms with Gasteiger partial charge >= 0.3 is 5.97 Å². The van der Waals surface area contributed by atoms with Crippen LogP contribution in [-0.4, -0.2) is 12.6 Å². The lowest BCUT2D eigenvalue weighted by atomic mass is 9.83. The highest BCUT2D eigenvalue weighted by molar-refractivity contribution is 6.30. The van der Waals surface area contributed by atoms with Crippen molar-refractivity contribution in [1.82, 2.24) is 0 Å². The number of carbonyl (C=O) groups excluding carboxylic acids is 1. The van der Waals surface area contributed by atoms with Crippen molar-refractivity contribution in [2.24, 2.45) is 5.73 Å². The van der Waals surface area contributed by atoms with Crippen LogP contribution >= 0.6 is 11.6 Å². The molecule has 9 heteroatoms. The third-order valence-corrected chi connectivity index (χ3v) is 8.37. The van der Waals surface area contributed by atoms with Crippen molar-refractivity contribution < 1.29 is 28.2 Å². The van der Waals surface area contributed by atoms with E-state index in [4.69, 9.17) is 40.7 Å². The van der Waals surface area contributed by atoms with Gasteiger partial charge in [-0.15, -0.1) is 0 Å². The number of halogens is 1. The summed E-state index contributed by atoms with van der Waals surface area (Å²) in [5.41, 5.74) is 12.3. The van der Waals surface area contributed by atoms with Gasteiger partial charge in [0.2, 0.25) is 11.6 Å². The molecule has 0 saturated carbocycles. The molecule has 5 aromatic rings. The molecule has 0 aliphatic carbocycles. The zero-order chi connectivity index (χ0) is 32.5. The number of nitrogens with zero attached hydrogens (tertiary/aromatic N) is 1. The number of esters is 1. The largest absolute Gasteiger partial charge is 0.490 e. The zero-order valence-electron chi connectivity index (χ0n) is 25.8. The Morgan fingerprint density at radius 1 is 0.957 bits per heavy atom. The fourth-order valence-corrected chi connectivity index (χ4v) is 5.67. The van der Waals surface area contributed by atoms with Crippen molar-refractivity contribution in [3.05, 3.63) is 128 Å². The van der Waals surface area contributed by atoms with Crippen LogP contribution in [0.4, 0.5) is 0 Å². The molecule has 1 unspecified atom stereocenters. The first-order chi connectivity index (χ1) is 22.2. The first-order valence-electron chi connectivity index (χ1n) is 14.8. The predicted molar refractivity (Wildman–Crippen MR) is 175 cm³/mol. The molecule has 4 aromatic carbocycles. The minimum absolute atomic E-state index is 0.0384. The summed E-state index contributed by atoms with van der Waals surface area (Å²) < 4.78 is 29.6. The lowest BCUT2D eigenvalue weighted by Gasteiger charge is -2.27. The molecule has 0 radical (unpaired) electrons. The normalized spacial score (nSPS) is 14.0. The Bertz CT molecular complexity index is 2060. The molecule has 1 aliphatic heterocycles. The lowest BCUT2D eigenvalue weighted by Crippen LogP contribution is -2.21. The number of hydrogen-bond donors (Lipinski definition) is 1. The van der Waals surface area contributed by atoms with Crippen molar-refractivity contribution in [2.45, 2.75) is 40.2 Å². The molecule has 8 nitrogen and oxygen atoms in total. The molecule has 2 heterocycles. The van der Waals surface area contributed by atoms with Gasteiger partial charge < -0.3 is 29.1 Å². The summed E-state index contributed by atoms with van der Waals surface area (Å²) in [4.78, 5) is 13.2. The van der Waals surface area contributed by atoms with E-state index in [0.29, 0.717) is 52.2 Å². The van der Waals surface area contributed by atoms with Crippen LogP contribution in [0.3, 0.4) is 0 Å². The average molecular weight is 635 g/mol. The maximum Gasteiger partial charge on any atom is 0.379 e. The number of carbonyl (C=O) groups is 1. The van der Waals surface area contributed by atoms with Crippen LogP contribution in [0, 0.1) is 32.1 Å². The van der Waals surface area contributed by atoms with E-state index in [-0.39, 0.29) is 23.0 Å². The minimum atomic E-state index is -0.630. The molecular formula is C37H31ClN2O6. The van der Waals surface area contributed by atoms with Crippen LogP contribution in [0.2, 0.25) is 5.02 Å². The number of nitriles is 1. The molecule has 0 fully saturated rings. The molecule has 0 amide bonds. The standard InChI is InChI=1S/C37H31ClN2O6/c1-5-42-32-16-24(9-15-30(32)43-19-23-7-10-25(38)11-8-23)33-28-14-12-26(17-31(28)45-36(40)29(33)18-39)44-37(41)35-22(4)27-13-6-20(2)21(3)34(27)46-35/h6-17,33H,5,19,40H2,1-4H3. The van der Waals surface area contributed by atoms with Gasteiger partial charge in [0.05, 0.1) is 12.5 Å². The van der Waals surface area contributed by atoms with Gasteiger partial charge in [-0.1, -0.05) is 48.0 Å². The van der Waals surface area contributed by atoms with E-state index in [0.717, 1.165) is 27.6 Å². The maximum atomic E-state index is 13.2. The fraction of sp³-hybridized carbons (Fsp3) is 0.189. The number of rotatable bonds is 8. The molecule has 0 saturated heterocycles. The van der Waals surface area contributed by atoms with Gasteiger partial charge in [0, 0.05) is 27.6 Å². The number of furan rings is 1. The second-order valence-corrected chi connectivity index (χ2v) is 11.4. The molecular weight excluding hydrogens is 604 g/mol. The van der Waals surface area contributed by atoms with Crippen LogP contribution in [0.25, 0.3) is 11.0 Å². The van der Waals surface area contributed by atoms with Crippen LogP contribution in [-0.2, 0) is 6.61 Å². The Balaban J connectivity index is 1.30. The number of fused-ring (bicyclic) bond motifs is 2. The second-order valence-electron chi connectivity index (χ2n) is 11.0. The molecule has 1 atom stereocenters. The van der Waals surface area contributed by atoms with Crippen molar-refractivity contribution >= 4 is 28.5 Å². The Kier molecular flexibility index (Phi) is 8.35. The lowest BCUT2D eigenvalue weighted by molar-refractivity contribution is 0.0702. The average Bonchev–Trinajstić information content (AvgIpc) is 3.39. The SMILES string of the molecule is CCOc1cc(C2C(C#N)=C(N)Oc3cc(OC(=O)c4oc5c(C)c(C)ccc5c4C)ccc32)ccc1OCc1ccc(Cl)cc1. The Morgan fingerprint density at radius 3 is 2.48 bits per heavy atom. The predicted octanol–water partition coefficient (Wildman–Crippen LogP) is 8.43. The second kappa shape index (κ2) is 12.5. The minimum Gasteiger partial charge on any atom is -0.490 e. The summed E-state index contributed by atoms with van der Waals surface area (Å²) in [5, 5.41) is 11.6. The number of nitrogens with two attached hydrogens (primary N) is 1. The molecule has 46 heavy (non-hydrogen) atoms. The molecule has 2 N–H and O–H groups in total. The van der Waals surface area contributed by atoms with Crippen LogP contribution in [0.15, 0.2) is 88.7 Å². The topological polar surface area (TPSA) is 117 Å². The fourth-order valence-electron chi connectivity index (χ4n) is 5.54. The van der Waals surface area contributed by atoms with E-state index in [2.05, 4.69) is 6.07 Å². The van der Waals surface area contributed by atoms with E-state index < -0.39 is 11.9 Å². The van der Waals surface area contributed by atoms with E-state index >= 15 is 0 Å². The van der Waals surface area contributed by atoms with Gasteiger partial charge in [-0.3, -0.25) is 0 Å². The van der Waals surface area contributed by atoms with Crippen molar-refractivity contribution in [3.63, 3.8) is 0 Å². The zero-order valence-corrected chi connectivity index (χ0v) is 26.5. The number of hydrogen-bond acceptors (Lipinski definition) is 8. The highest BCUT2D eigenvalue weighted by Crippen LogP contribution is 2.45. The molecule has 0 bridgehead atoms. The van der Waals surface area contributed by atoms with Gasteiger partial charge in [-0.2, -0.15) is 5.26 Å². The van der Waals surface area contributed by atoms with Crippen molar-refractivity contribution in [2.75, 3.05) is 6.61 Å². The molecule has 1 aliphatic rings. The van der Waals surface area contributed by atoms with Crippen molar-refractivity contribution in [1.29, 1.82) is 5.26 Å². The third-order valence-electron chi connectivity index (χ3n) is 8.12.